The summed E-state index contributed by atoms with van der Waals surface area (Å²) in [5.41, 5.74) is 1.63. The third kappa shape index (κ3) is 4.78. The molecule has 1 saturated heterocycles. The smallest absolute Gasteiger partial charge is 0.320 e. The van der Waals surface area contributed by atoms with Crippen LogP contribution in [0.1, 0.15) is 31.4 Å². The molecular formula is C22H26N6O2S. The fourth-order valence-electron chi connectivity index (χ4n) is 3.72. The van der Waals surface area contributed by atoms with E-state index in [1.165, 1.54) is 0 Å². The minimum atomic E-state index is -0.560. The molecule has 0 saturated carbocycles. The predicted molar refractivity (Wildman–Crippen MR) is 121 cm³/mol. The molecule has 0 spiro atoms. The summed E-state index contributed by atoms with van der Waals surface area (Å²) < 4.78 is 1.62. The van der Waals surface area contributed by atoms with Crippen LogP contribution >= 0.6 is 11.3 Å². The topological polar surface area (TPSA) is 100 Å². The lowest BCUT2D eigenvalue weighted by atomic mass is 9.95. The van der Waals surface area contributed by atoms with Crippen LogP contribution in [-0.2, 0) is 11.3 Å². The van der Waals surface area contributed by atoms with Crippen molar-refractivity contribution in [3.63, 3.8) is 0 Å². The van der Waals surface area contributed by atoms with Gasteiger partial charge in [0.1, 0.15) is 5.82 Å². The molecule has 3 aromatic rings. The highest BCUT2D eigenvalue weighted by molar-refractivity contribution is 7.09. The molecule has 4 rings (SSSR count). The van der Waals surface area contributed by atoms with Gasteiger partial charge in [-0.05, 0) is 24.8 Å². The Hall–Kier alpha value is -3.17. The second-order valence-corrected chi connectivity index (χ2v) is 8.53. The van der Waals surface area contributed by atoms with E-state index in [2.05, 4.69) is 26.4 Å². The normalized spacial score (nSPS) is 20.8. The molecule has 0 aliphatic carbocycles. The van der Waals surface area contributed by atoms with Gasteiger partial charge < -0.3 is 10.6 Å². The fraction of sp³-hybridized carbons (Fsp3) is 0.318. The van der Waals surface area contributed by atoms with Gasteiger partial charge in [0.05, 0.1) is 18.2 Å². The van der Waals surface area contributed by atoms with Gasteiger partial charge in [-0.3, -0.25) is 15.4 Å². The maximum Gasteiger partial charge on any atom is 0.320 e. The van der Waals surface area contributed by atoms with Gasteiger partial charge in [0.2, 0.25) is 5.91 Å². The summed E-state index contributed by atoms with van der Waals surface area (Å²) in [6.45, 7) is 4.42. The molecule has 31 heavy (non-hydrogen) atoms. The van der Waals surface area contributed by atoms with Gasteiger partial charge in [-0.1, -0.05) is 43.3 Å². The second-order valence-electron chi connectivity index (χ2n) is 7.49. The van der Waals surface area contributed by atoms with Crippen molar-refractivity contribution < 1.29 is 9.59 Å². The molecule has 1 fully saturated rings. The molecule has 1 aliphatic rings. The van der Waals surface area contributed by atoms with E-state index in [4.69, 9.17) is 0 Å². The van der Waals surface area contributed by atoms with Crippen LogP contribution in [0.3, 0.4) is 0 Å². The molecule has 9 heteroatoms. The molecule has 3 atom stereocenters. The first kappa shape index (κ1) is 21.1. The number of amides is 3. The molecule has 2 aromatic heterocycles. The number of carbonyl (C=O) groups excluding carboxylic acids is 2. The molecule has 3 unspecified atom stereocenters. The summed E-state index contributed by atoms with van der Waals surface area (Å²) in [7, 11) is 0. The summed E-state index contributed by atoms with van der Waals surface area (Å²) in [6.07, 6.45) is 0.187. The Kier molecular flexibility index (Phi) is 6.34. The monoisotopic (exact) mass is 438 g/mol. The number of urea groups is 1. The maximum atomic E-state index is 12.6. The lowest BCUT2D eigenvalue weighted by molar-refractivity contribution is -0.130. The number of anilines is 1. The number of rotatable bonds is 6. The number of nitrogens with one attached hydrogen (secondary N) is 4. The van der Waals surface area contributed by atoms with Gasteiger partial charge in [0.15, 0.2) is 6.29 Å². The zero-order valence-electron chi connectivity index (χ0n) is 17.5. The average molecular weight is 439 g/mol. The number of thiophene rings is 1. The van der Waals surface area contributed by atoms with E-state index in [0.29, 0.717) is 18.1 Å². The summed E-state index contributed by atoms with van der Waals surface area (Å²) >= 11 is 1.58. The van der Waals surface area contributed by atoms with Crippen molar-refractivity contribution in [2.45, 2.75) is 39.1 Å². The van der Waals surface area contributed by atoms with E-state index < -0.39 is 6.29 Å². The van der Waals surface area contributed by atoms with Crippen LogP contribution in [0.25, 0.3) is 11.3 Å². The molecule has 1 aromatic carbocycles. The first-order valence-corrected chi connectivity index (χ1v) is 11.2. The third-order valence-corrected chi connectivity index (χ3v) is 6.25. The van der Waals surface area contributed by atoms with Gasteiger partial charge in [-0.2, -0.15) is 5.10 Å². The molecule has 3 heterocycles. The average Bonchev–Trinajstić information content (AvgIpc) is 3.43. The van der Waals surface area contributed by atoms with Gasteiger partial charge in [-0.25, -0.2) is 9.48 Å². The van der Waals surface area contributed by atoms with Crippen molar-refractivity contribution in [3.05, 3.63) is 58.8 Å². The molecule has 3 amide bonds. The highest BCUT2D eigenvalue weighted by Gasteiger charge is 2.34. The second kappa shape index (κ2) is 9.32. The van der Waals surface area contributed by atoms with E-state index in [0.717, 1.165) is 16.9 Å². The highest BCUT2D eigenvalue weighted by atomic mass is 32.1. The molecular weight excluding hydrogens is 412 g/mol. The maximum absolute atomic E-state index is 12.6. The van der Waals surface area contributed by atoms with Crippen molar-refractivity contribution in [1.82, 2.24) is 25.7 Å². The summed E-state index contributed by atoms with van der Waals surface area (Å²) in [6, 6.07) is 15.1. The lowest BCUT2D eigenvalue weighted by Crippen LogP contribution is -2.57. The molecule has 4 N–H and O–H groups in total. The third-order valence-electron chi connectivity index (χ3n) is 5.37. The first-order chi connectivity index (χ1) is 15.0. The van der Waals surface area contributed by atoms with E-state index >= 15 is 0 Å². The molecule has 162 valence electrons. The van der Waals surface area contributed by atoms with Crippen LogP contribution in [0, 0.1) is 5.92 Å². The number of benzene rings is 1. The minimum absolute atomic E-state index is 0.0198. The number of aromatic nitrogens is 2. The quantitative estimate of drug-likeness (QED) is 0.473. The highest BCUT2D eigenvalue weighted by Crippen LogP contribution is 2.26. The fourth-order valence-corrected chi connectivity index (χ4v) is 4.37. The van der Waals surface area contributed by atoms with Crippen molar-refractivity contribution in [1.29, 1.82) is 0 Å². The minimum Gasteiger partial charge on any atom is -0.333 e. The van der Waals surface area contributed by atoms with Crippen molar-refractivity contribution in [3.8, 4) is 11.3 Å². The predicted octanol–water partition coefficient (Wildman–Crippen LogP) is 3.52. The van der Waals surface area contributed by atoms with Crippen LogP contribution in [0.15, 0.2) is 53.9 Å². The van der Waals surface area contributed by atoms with Crippen molar-refractivity contribution >= 4 is 29.1 Å². The SMILES string of the molecule is CCC1C(=O)NC(n2nc(-c3ccccc3)cc2NC(=O)NCc2cccs2)NC1C. The first-order valence-electron chi connectivity index (χ1n) is 10.3. The van der Waals surface area contributed by atoms with Gasteiger partial charge in [-0.15, -0.1) is 11.3 Å². The Labute approximate surface area is 185 Å². The Balaban J connectivity index is 1.58. The van der Waals surface area contributed by atoms with E-state index in [9.17, 15) is 9.59 Å². The van der Waals surface area contributed by atoms with E-state index in [-0.39, 0.29) is 23.9 Å². The van der Waals surface area contributed by atoms with Crippen LogP contribution in [0.2, 0.25) is 0 Å². The van der Waals surface area contributed by atoms with Crippen molar-refractivity contribution in [2.75, 3.05) is 5.32 Å². The largest absolute Gasteiger partial charge is 0.333 e. The Morgan fingerprint density at radius 3 is 2.71 bits per heavy atom. The van der Waals surface area contributed by atoms with E-state index in [1.807, 2.05) is 67.8 Å². The lowest BCUT2D eigenvalue weighted by Gasteiger charge is -2.35. The Morgan fingerprint density at radius 1 is 1.23 bits per heavy atom. The number of hydrogen-bond donors (Lipinski definition) is 4. The Morgan fingerprint density at radius 2 is 2.03 bits per heavy atom. The summed E-state index contributed by atoms with van der Waals surface area (Å²) in [5, 5.41) is 18.8. The summed E-state index contributed by atoms with van der Waals surface area (Å²) in [5.74, 6) is 0.358. The van der Waals surface area contributed by atoms with Crippen molar-refractivity contribution in [2.24, 2.45) is 5.92 Å². The van der Waals surface area contributed by atoms with Crippen LogP contribution in [0.5, 0.6) is 0 Å². The van der Waals surface area contributed by atoms with E-state index in [1.54, 1.807) is 16.0 Å². The van der Waals surface area contributed by atoms with Crippen LogP contribution in [0.4, 0.5) is 10.6 Å². The number of hydrogen-bond acceptors (Lipinski definition) is 5. The Bertz CT molecular complexity index is 1030. The number of nitrogens with zero attached hydrogens (tertiary/aromatic N) is 2. The van der Waals surface area contributed by atoms with Gasteiger partial charge >= 0.3 is 6.03 Å². The molecule has 1 aliphatic heterocycles. The zero-order valence-corrected chi connectivity index (χ0v) is 18.3. The van der Waals surface area contributed by atoms with Crippen LogP contribution in [-0.4, -0.2) is 27.8 Å². The summed E-state index contributed by atoms with van der Waals surface area (Å²) in [4.78, 5) is 26.2. The number of carbonyl (C=O) groups is 2. The van der Waals surface area contributed by atoms with Crippen LogP contribution < -0.4 is 21.3 Å². The molecule has 0 radical (unpaired) electrons. The molecule has 8 nitrogen and oxygen atoms in total. The van der Waals surface area contributed by atoms with Gasteiger partial charge in [0.25, 0.3) is 0 Å². The standard InChI is InChI=1S/C22H26N6O2S/c1-3-17-14(2)24-21(26-20(17)29)28-19(12-18(27-28)15-8-5-4-6-9-15)25-22(30)23-13-16-10-7-11-31-16/h4-12,14,17,21,24H,3,13H2,1-2H3,(H,26,29)(H2,23,25,30). The van der Waals surface area contributed by atoms with Gasteiger partial charge in [0, 0.05) is 22.5 Å². The zero-order chi connectivity index (χ0) is 21.8. The molecule has 0 bridgehead atoms.